The van der Waals surface area contributed by atoms with Gasteiger partial charge in [0.1, 0.15) is 11.7 Å². The fourth-order valence-electron chi connectivity index (χ4n) is 5.31. The fourth-order valence-corrected chi connectivity index (χ4v) is 6.16. The number of nitrogens with zero attached hydrogens (tertiary/aromatic N) is 4. The van der Waals surface area contributed by atoms with E-state index in [4.69, 9.17) is 21.3 Å². The van der Waals surface area contributed by atoms with Crippen LogP contribution in [0, 0.1) is 17.6 Å². The molecule has 210 valence electrons. The molecule has 9 nitrogen and oxygen atoms in total. The normalized spacial score (nSPS) is 21.1. The molecule has 3 aromatic rings. The van der Waals surface area contributed by atoms with Crippen LogP contribution in [0.15, 0.2) is 46.0 Å². The van der Waals surface area contributed by atoms with Crippen LogP contribution in [0.25, 0.3) is 0 Å². The van der Waals surface area contributed by atoms with Crippen molar-refractivity contribution < 1.29 is 28.2 Å². The number of aryl methyl sites for hydroxylation is 1. The predicted molar refractivity (Wildman–Crippen MR) is 144 cm³/mol. The Morgan fingerprint density at radius 2 is 1.95 bits per heavy atom. The van der Waals surface area contributed by atoms with Crippen LogP contribution in [-0.2, 0) is 16.6 Å². The SMILES string of the molecule is CCOC(=O)C1=C([C@H]2CC[C@H](c3cc(C(=O)O)n(C)n3)CC2)NC(c2nccs2)=NC1c1ccc(F)c(F)c1Cl. The highest BCUT2D eigenvalue weighted by Gasteiger charge is 2.39. The first-order chi connectivity index (χ1) is 19.2. The molecule has 5 rings (SSSR count). The third kappa shape index (κ3) is 5.25. The first kappa shape index (κ1) is 27.9. The molecule has 0 bridgehead atoms. The van der Waals surface area contributed by atoms with Crippen molar-refractivity contribution in [1.29, 1.82) is 0 Å². The number of aromatic nitrogens is 3. The maximum absolute atomic E-state index is 14.6. The number of carboxylic acid groups (broad SMARTS) is 1. The smallest absolute Gasteiger partial charge is 0.354 e. The van der Waals surface area contributed by atoms with Gasteiger partial charge in [0.05, 0.1) is 22.9 Å². The van der Waals surface area contributed by atoms with E-state index in [0.29, 0.717) is 47.9 Å². The van der Waals surface area contributed by atoms with E-state index in [9.17, 15) is 23.5 Å². The first-order valence-corrected chi connectivity index (χ1v) is 14.0. The Hall–Kier alpha value is -3.64. The summed E-state index contributed by atoms with van der Waals surface area (Å²) in [5, 5.41) is 19.0. The van der Waals surface area contributed by atoms with Crippen LogP contribution in [0.4, 0.5) is 8.78 Å². The maximum Gasteiger partial charge on any atom is 0.354 e. The second-order valence-corrected chi connectivity index (χ2v) is 10.9. The monoisotopic (exact) mass is 589 g/mol. The summed E-state index contributed by atoms with van der Waals surface area (Å²) >= 11 is 7.61. The molecule has 2 N–H and O–H groups in total. The van der Waals surface area contributed by atoms with Gasteiger partial charge in [-0.3, -0.25) is 9.67 Å². The molecule has 40 heavy (non-hydrogen) atoms. The number of carbonyl (C=O) groups excluding carboxylic acids is 1. The topological polar surface area (TPSA) is 119 Å². The largest absolute Gasteiger partial charge is 0.477 e. The quantitative estimate of drug-likeness (QED) is 0.280. The molecule has 0 radical (unpaired) electrons. The Kier molecular flexibility index (Phi) is 7.99. The third-order valence-electron chi connectivity index (χ3n) is 7.24. The summed E-state index contributed by atoms with van der Waals surface area (Å²) in [5.74, 6) is -3.68. The van der Waals surface area contributed by atoms with Crippen molar-refractivity contribution in [3.05, 3.63) is 79.7 Å². The fraction of sp³-hybridized carbons (Fsp3) is 0.370. The number of allylic oxidation sites excluding steroid dienone is 1. The number of amidine groups is 1. The minimum atomic E-state index is -1.22. The molecule has 2 aliphatic rings. The average Bonchev–Trinajstić information content (AvgIpc) is 3.62. The summed E-state index contributed by atoms with van der Waals surface area (Å²) in [4.78, 5) is 33.9. The number of thiazole rings is 1. The molecular formula is C27H26ClF2N5O4S. The summed E-state index contributed by atoms with van der Waals surface area (Å²) in [6.45, 7) is 1.79. The molecule has 1 aliphatic heterocycles. The van der Waals surface area contributed by atoms with Gasteiger partial charge in [0.25, 0.3) is 0 Å². The van der Waals surface area contributed by atoms with Crippen molar-refractivity contribution >= 4 is 40.7 Å². The number of ether oxygens (including phenoxy) is 1. The maximum atomic E-state index is 14.6. The highest BCUT2D eigenvalue weighted by atomic mass is 35.5. The van der Waals surface area contributed by atoms with Gasteiger partial charge < -0.3 is 15.2 Å². The van der Waals surface area contributed by atoms with Gasteiger partial charge in [-0.15, -0.1) is 11.3 Å². The predicted octanol–water partition coefficient (Wildman–Crippen LogP) is 5.39. The van der Waals surface area contributed by atoms with Crippen LogP contribution in [-0.4, -0.2) is 44.3 Å². The Morgan fingerprint density at radius 1 is 1.23 bits per heavy atom. The summed E-state index contributed by atoms with van der Waals surface area (Å²) in [6, 6.07) is 2.84. The van der Waals surface area contributed by atoms with Gasteiger partial charge in [-0.05, 0) is 50.7 Å². The van der Waals surface area contributed by atoms with Gasteiger partial charge in [-0.2, -0.15) is 5.10 Å². The summed E-state index contributed by atoms with van der Waals surface area (Å²) in [5.41, 5.74) is 1.74. The van der Waals surface area contributed by atoms with Gasteiger partial charge in [0.2, 0.25) is 0 Å². The number of carbonyl (C=O) groups is 2. The van der Waals surface area contributed by atoms with Crippen molar-refractivity contribution in [2.45, 2.75) is 44.6 Å². The lowest BCUT2D eigenvalue weighted by molar-refractivity contribution is -0.139. The van der Waals surface area contributed by atoms with Crippen LogP contribution in [0.1, 0.15) is 71.3 Å². The van der Waals surface area contributed by atoms with Crippen LogP contribution in [0.3, 0.4) is 0 Å². The Morgan fingerprint density at radius 3 is 2.58 bits per heavy atom. The molecule has 2 aromatic heterocycles. The highest BCUT2D eigenvalue weighted by molar-refractivity contribution is 7.11. The molecule has 0 spiro atoms. The number of rotatable bonds is 7. The number of hydrogen-bond donors (Lipinski definition) is 2. The zero-order chi connectivity index (χ0) is 28.6. The number of nitrogens with one attached hydrogen (secondary N) is 1. The van der Waals surface area contributed by atoms with E-state index >= 15 is 0 Å². The van der Waals surface area contributed by atoms with E-state index in [1.165, 1.54) is 22.1 Å². The lowest BCUT2D eigenvalue weighted by Crippen LogP contribution is -2.38. The van der Waals surface area contributed by atoms with Gasteiger partial charge in [-0.1, -0.05) is 17.7 Å². The van der Waals surface area contributed by atoms with E-state index in [-0.39, 0.29) is 35.3 Å². The number of hydrogen-bond acceptors (Lipinski definition) is 8. The Balaban J connectivity index is 1.54. The Bertz CT molecular complexity index is 1510. The molecule has 1 atom stereocenters. The van der Waals surface area contributed by atoms with Crippen molar-refractivity contribution in [3.63, 3.8) is 0 Å². The lowest BCUT2D eigenvalue weighted by Gasteiger charge is -2.35. The molecule has 0 amide bonds. The van der Waals surface area contributed by atoms with E-state index in [0.717, 1.165) is 6.07 Å². The molecule has 1 aliphatic carbocycles. The summed E-state index contributed by atoms with van der Waals surface area (Å²) in [6.07, 6.45) is 4.32. The molecule has 0 saturated heterocycles. The molecule has 3 heterocycles. The second kappa shape index (κ2) is 11.5. The second-order valence-electron chi connectivity index (χ2n) is 9.59. The van der Waals surface area contributed by atoms with Crippen LogP contribution in [0.2, 0.25) is 5.02 Å². The van der Waals surface area contributed by atoms with Gasteiger partial charge in [0.15, 0.2) is 22.5 Å². The molecular weight excluding hydrogens is 564 g/mol. The minimum Gasteiger partial charge on any atom is -0.477 e. The van der Waals surface area contributed by atoms with E-state index < -0.39 is 34.6 Å². The molecule has 1 aromatic carbocycles. The number of halogens is 3. The number of benzene rings is 1. The molecule has 13 heteroatoms. The minimum absolute atomic E-state index is 0.0503. The molecule has 1 fully saturated rings. The number of aromatic carboxylic acids is 1. The van der Waals surface area contributed by atoms with Crippen molar-refractivity contribution in [2.75, 3.05) is 6.61 Å². The number of esters is 1. The van der Waals surface area contributed by atoms with Crippen LogP contribution in [0.5, 0.6) is 0 Å². The molecule has 1 saturated carbocycles. The van der Waals surface area contributed by atoms with Gasteiger partial charge in [-0.25, -0.2) is 23.4 Å². The van der Waals surface area contributed by atoms with Crippen LogP contribution < -0.4 is 5.32 Å². The Labute approximate surface area is 237 Å². The zero-order valence-corrected chi connectivity index (χ0v) is 23.2. The van der Waals surface area contributed by atoms with Gasteiger partial charge >= 0.3 is 11.9 Å². The highest BCUT2D eigenvalue weighted by Crippen LogP contribution is 2.44. The third-order valence-corrected chi connectivity index (χ3v) is 8.40. The number of carboxylic acids is 1. The van der Waals surface area contributed by atoms with Crippen LogP contribution >= 0.6 is 22.9 Å². The van der Waals surface area contributed by atoms with E-state index in [2.05, 4.69) is 15.4 Å². The zero-order valence-electron chi connectivity index (χ0n) is 21.7. The van der Waals surface area contributed by atoms with Crippen molar-refractivity contribution in [2.24, 2.45) is 18.0 Å². The molecule has 1 unspecified atom stereocenters. The summed E-state index contributed by atoms with van der Waals surface area (Å²) in [7, 11) is 1.60. The lowest BCUT2D eigenvalue weighted by atomic mass is 9.77. The average molecular weight is 590 g/mol. The number of aliphatic imine (C=N–C) groups is 1. The van der Waals surface area contributed by atoms with E-state index in [1.807, 2.05) is 0 Å². The van der Waals surface area contributed by atoms with Gasteiger partial charge in [0, 0.05) is 35.8 Å². The van der Waals surface area contributed by atoms with Crippen molar-refractivity contribution in [1.82, 2.24) is 20.1 Å². The standard InChI is InChI=1S/C27H26ClF2N5O4S/c1-3-39-27(38)19-22(14-6-4-13(5-7-14)17-12-18(26(36)37)35(2)34-17)32-24(25-31-10-11-40-25)33-23(19)15-8-9-16(29)21(30)20(15)28/h8-14,23H,3-7H2,1-2H3,(H,32,33)(H,36,37)/t13-,14-,23?. The van der Waals surface area contributed by atoms with Crippen molar-refractivity contribution in [3.8, 4) is 0 Å². The van der Waals surface area contributed by atoms with E-state index in [1.54, 1.807) is 31.6 Å². The summed E-state index contributed by atoms with van der Waals surface area (Å²) < 4.78 is 35.3. The first-order valence-electron chi connectivity index (χ1n) is 12.8.